The van der Waals surface area contributed by atoms with Crippen molar-refractivity contribution < 1.29 is 14.7 Å². The van der Waals surface area contributed by atoms with Crippen molar-refractivity contribution in [2.24, 2.45) is 0 Å². The molecule has 5 nitrogen and oxygen atoms in total. The normalized spacial score (nSPS) is 9.76. The van der Waals surface area contributed by atoms with E-state index in [1.807, 2.05) is 13.0 Å². The highest BCUT2D eigenvalue weighted by molar-refractivity contribution is 6.39. The van der Waals surface area contributed by atoms with Crippen molar-refractivity contribution in [2.75, 3.05) is 18.5 Å². The summed E-state index contributed by atoms with van der Waals surface area (Å²) < 4.78 is 0. The first-order valence-corrected chi connectivity index (χ1v) is 5.40. The molecule has 0 heterocycles. The van der Waals surface area contributed by atoms with E-state index < -0.39 is 11.8 Å². The molecule has 0 bridgehead atoms. The molecule has 0 aromatic heterocycles. The van der Waals surface area contributed by atoms with Gasteiger partial charge in [0.05, 0.1) is 0 Å². The van der Waals surface area contributed by atoms with Crippen LogP contribution in [-0.2, 0) is 9.59 Å². The lowest BCUT2D eigenvalue weighted by Crippen LogP contribution is -2.36. The minimum absolute atomic E-state index is 0.0141. The number of aryl methyl sites for hydroxylation is 1. The zero-order valence-electron chi connectivity index (χ0n) is 9.69. The zero-order chi connectivity index (χ0) is 12.7. The summed E-state index contributed by atoms with van der Waals surface area (Å²) in [6.45, 7) is 2.17. The summed E-state index contributed by atoms with van der Waals surface area (Å²) in [5.41, 5.74) is 1.59. The third-order valence-corrected chi connectivity index (χ3v) is 2.10. The van der Waals surface area contributed by atoms with E-state index in [0.29, 0.717) is 12.1 Å². The molecule has 0 fully saturated rings. The summed E-state index contributed by atoms with van der Waals surface area (Å²) in [5.74, 6) is -1.39. The maximum atomic E-state index is 11.4. The van der Waals surface area contributed by atoms with Crippen molar-refractivity contribution >= 4 is 17.5 Å². The molecule has 0 saturated carbocycles. The number of carbonyl (C=O) groups excluding carboxylic acids is 2. The summed E-state index contributed by atoms with van der Waals surface area (Å²) in [6.07, 6.45) is 0.434. The molecular formula is C12H16N2O3. The molecule has 0 aliphatic rings. The van der Waals surface area contributed by atoms with Crippen LogP contribution in [0.4, 0.5) is 5.69 Å². The van der Waals surface area contributed by atoms with E-state index in [4.69, 9.17) is 5.11 Å². The summed E-state index contributed by atoms with van der Waals surface area (Å²) in [5, 5.41) is 13.4. The highest BCUT2D eigenvalue weighted by atomic mass is 16.3. The van der Waals surface area contributed by atoms with Crippen LogP contribution in [0.15, 0.2) is 24.3 Å². The molecule has 92 valence electrons. The number of amides is 2. The average Bonchev–Trinajstić information content (AvgIpc) is 2.29. The molecule has 3 N–H and O–H groups in total. The van der Waals surface area contributed by atoms with Gasteiger partial charge in [0.1, 0.15) is 0 Å². The van der Waals surface area contributed by atoms with Gasteiger partial charge < -0.3 is 15.7 Å². The smallest absolute Gasteiger partial charge is 0.313 e. The van der Waals surface area contributed by atoms with Crippen LogP contribution in [0, 0.1) is 6.92 Å². The van der Waals surface area contributed by atoms with Gasteiger partial charge in [0.25, 0.3) is 0 Å². The minimum atomic E-state index is -0.700. The quantitative estimate of drug-likeness (QED) is 0.524. The first-order valence-electron chi connectivity index (χ1n) is 5.40. The van der Waals surface area contributed by atoms with E-state index >= 15 is 0 Å². The van der Waals surface area contributed by atoms with E-state index in [9.17, 15) is 9.59 Å². The SMILES string of the molecule is Cc1cccc(NC(=O)C(=O)NCCCO)c1. The van der Waals surface area contributed by atoms with Crippen LogP contribution in [0.3, 0.4) is 0 Å². The Morgan fingerprint density at radius 2 is 2.06 bits per heavy atom. The molecule has 5 heteroatoms. The Bertz CT molecular complexity index is 404. The van der Waals surface area contributed by atoms with Gasteiger partial charge in [0.15, 0.2) is 0 Å². The molecule has 0 aliphatic carbocycles. The fourth-order valence-corrected chi connectivity index (χ4v) is 1.27. The number of rotatable bonds is 4. The van der Waals surface area contributed by atoms with Gasteiger partial charge in [-0.2, -0.15) is 0 Å². The molecule has 17 heavy (non-hydrogen) atoms. The van der Waals surface area contributed by atoms with Crippen molar-refractivity contribution in [3.05, 3.63) is 29.8 Å². The van der Waals surface area contributed by atoms with Gasteiger partial charge in [-0.1, -0.05) is 12.1 Å². The first kappa shape index (κ1) is 13.2. The van der Waals surface area contributed by atoms with Gasteiger partial charge in [-0.25, -0.2) is 0 Å². The number of nitrogens with one attached hydrogen (secondary N) is 2. The monoisotopic (exact) mass is 236 g/mol. The van der Waals surface area contributed by atoms with E-state index in [-0.39, 0.29) is 13.2 Å². The Kier molecular flexibility index (Phi) is 5.16. The summed E-state index contributed by atoms with van der Waals surface area (Å²) in [4.78, 5) is 22.7. The molecule has 0 aliphatic heterocycles. The lowest BCUT2D eigenvalue weighted by atomic mass is 10.2. The highest BCUT2D eigenvalue weighted by Crippen LogP contribution is 2.08. The van der Waals surface area contributed by atoms with E-state index in [1.165, 1.54) is 0 Å². The zero-order valence-corrected chi connectivity index (χ0v) is 9.69. The van der Waals surface area contributed by atoms with Crippen molar-refractivity contribution in [1.29, 1.82) is 0 Å². The lowest BCUT2D eigenvalue weighted by molar-refractivity contribution is -0.136. The van der Waals surface area contributed by atoms with Crippen LogP contribution in [0.5, 0.6) is 0 Å². The van der Waals surface area contributed by atoms with Gasteiger partial charge in [-0.15, -0.1) is 0 Å². The van der Waals surface area contributed by atoms with Crippen molar-refractivity contribution in [3.8, 4) is 0 Å². The number of carbonyl (C=O) groups is 2. The maximum Gasteiger partial charge on any atom is 0.313 e. The molecular weight excluding hydrogens is 220 g/mol. The Morgan fingerprint density at radius 1 is 1.29 bits per heavy atom. The topological polar surface area (TPSA) is 78.4 Å². The summed E-state index contributed by atoms with van der Waals surface area (Å²) in [6, 6.07) is 7.19. The number of hydrogen-bond donors (Lipinski definition) is 3. The fraction of sp³-hybridized carbons (Fsp3) is 0.333. The first-order chi connectivity index (χ1) is 8.13. The minimum Gasteiger partial charge on any atom is -0.396 e. The summed E-state index contributed by atoms with van der Waals surface area (Å²) in [7, 11) is 0. The van der Waals surface area contributed by atoms with Crippen LogP contribution in [0.1, 0.15) is 12.0 Å². The third kappa shape index (κ3) is 4.65. The Labute approximate surface area is 99.8 Å². The Morgan fingerprint density at radius 3 is 2.71 bits per heavy atom. The highest BCUT2D eigenvalue weighted by Gasteiger charge is 2.12. The van der Waals surface area contributed by atoms with E-state index in [0.717, 1.165) is 5.56 Å². The fourth-order valence-electron chi connectivity index (χ4n) is 1.27. The summed E-state index contributed by atoms with van der Waals surface area (Å²) >= 11 is 0. The molecule has 0 saturated heterocycles. The standard InChI is InChI=1S/C12H16N2O3/c1-9-4-2-5-10(8-9)14-12(17)11(16)13-6-3-7-15/h2,4-5,8,15H,3,6-7H2,1H3,(H,13,16)(H,14,17). The Hall–Kier alpha value is -1.88. The molecule has 2 amide bonds. The van der Waals surface area contributed by atoms with Crippen molar-refractivity contribution in [3.63, 3.8) is 0 Å². The number of anilines is 1. The number of benzene rings is 1. The van der Waals surface area contributed by atoms with Gasteiger partial charge >= 0.3 is 11.8 Å². The second-order valence-electron chi connectivity index (χ2n) is 3.66. The van der Waals surface area contributed by atoms with Crippen LogP contribution in [-0.4, -0.2) is 30.1 Å². The van der Waals surface area contributed by atoms with Crippen LogP contribution >= 0.6 is 0 Å². The van der Waals surface area contributed by atoms with Gasteiger partial charge in [-0.3, -0.25) is 9.59 Å². The predicted molar refractivity (Wildman–Crippen MR) is 64.5 cm³/mol. The average molecular weight is 236 g/mol. The molecule has 0 unspecified atom stereocenters. The van der Waals surface area contributed by atoms with Gasteiger partial charge in [0.2, 0.25) is 0 Å². The van der Waals surface area contributed by atoms with Gasteiger partial charge in [-0.05, 0) is 31.0 Å². The third-order valence-electron chi connectivity index (χ3n) is 2.10. The van der Waals surface area contributed by atoms with Crippen molar-refractivity contribution in [1.82, 2.24) is 5.32 Å². The second-order valence-corrected chi connectivity index (χ2v) is 3.66. The molecule has 1 rings (SSSR count). The number of aliphatic hydroxyl groups excluding tert-OH is 1. The maximum absolute atomic E-state index is 11.4. The van der Waals surface area contributed by atoms with Crippen LogP contribution in [0.25, 0.3) is 0 Å². The van der Waals surface area contributed by atoms with E-state index in [1.54, 1.807) is 18.2 Å². The molecule has 0 atom stereocenters. The molecule has 0 spiro atoms. The van der Waals surface area contributed by atoms with Gasteiger partial charge in [0, 0.05) is 18.8 Å². The Balaban J connectivity index is 2.46. The lowest BCUT2D eigenvalue weighted by Gasteiger charge is -2.06. The van der Waals surface area contributed by atoms with E-state index in [2.05, 4.69) is 10.6 Å². The molecule has 1 aromatic rings. The van der Waals surface area contributed by atoms with Crippen LogP contribution < -0.4 is 10.6 Å². The number of hydrogen-bond acceptors (Lipinski definition) is 3. The largest absolute Gasteiger partial charge is 0.396 e. The molecule has 0 radical (unpaired) electrons. The molecule has 1 aromatic carbocycles. The number of aliphatic hydroxyl groups is 1. The van der Waals surface area contributed by atoms with Crippen molar-refractivity contribution in [2.45, 2.75) is 13.3 Å². The second kappa shape index (κ2) is 6.65. The van der Waals surface area contributed by atoms with Crippen LogP contribution in [0.2, 0.25) is 0 Å². The predicted octanol–water partition coefficient (Wildman–Crippen LogP) is 0.432.